The van der Waals surface area contributed by atoms with Crippen molar-refractivity contribution in [2.24, 2.45) is 0 Å². The van der Waals surface area contributed by atoms with Crippen LogP contribution >= 0.6 is 11.6 Å². The molecule has 1 amide bonds. The molecule has 9 heteroatoms. The molecule has 0 bridgehead atoms. The minimum Gasteiger partial charge on any atom is -0.452 e. The first-order chi connectivity index (χ1) is 14.3. The Morgan fingerprint density at radius 1 is 1.10 bits per heavy atom. The third-order valence-corrected chi connectivity index (χ3v) is 7.11. The highest BCUT2D eigenvalue weighted by atomic mass is 35.5. The van der Waals surface area contributed by atoms with Crippen LogP contribution in [-0.2, 0) is 19.6 Å². The standard InChI is InChI=1S/C21H27ClN2O5S/c1-3-11-23(12-4-2)20(25)16-29-21(26)17-9-10-18(22)19(15-17)30(27,28)24-13-7-5-6-8-14-24/h3-4,9-10,15H,1-2,5-8,11-14,16H2. The van der Waals surface area contributed by atoms with Crippen LogP contribution in [0, 0.1) is 0 Å². The SMILES string of the molecule is C=CCN(CC=C)C(=O)COC(=O)c1ccc(Cl)c(S(=O)(=O)N2CCCCCC2)c1. The number of ether oxygens (including phenoxy) is 1. The number of esters is 1. The average molecular weight is 455 g/mol. The zero-order valence-corrected chi connectivity index (χ0v) is 18.5. The van der Waals surface area contributed by atoms with Gasteiger partial charge in [-0.25, -0.2) is 13.2 Å². The number of carbonyl (C=O) groups is 2. The molecule has 0 aliphatic carbocycles. The molecular weight excluding hydrogens is 428 g/mol. The number of halogens is 1. The first kappa shape index (κ1) is 24.1. The van der Waals surface area contributed by atoms with Crippen molar-refractivity contribution >= 4 is 33.5 Å². The van der Waals surface area contributed by atoms with Crippen molar-refractivity contribution in [1.29, 1.82) is 0 Å². The fourth-order valence-electron chi connectivity index (χ4n) is 3.14. The van der Waals surface area contributed by atoms with Gasteiger partial charge >= 0.3 is 5.97 Å². The summed E-state index contributed by atoms with van der Waals surface area (Å²) in [5.41, 5.74) is 0.0135. The zero-order chi connectivity index (χ0) is 22.1. The van der Waals surface area contributed by atoms with Gasteiger partial charge in [0.2, 0.25) is 10.0 Å². The van der Waals surface area contributed by atoms with E-state index in [1.165, 1.54) is 27.4 Å². The average Bonchev–Trinajstić information content (AvgIpc) is 3.02. The topological polar surface area (TPSA) is 84.0 Å². The Kier molecular flexibility index (Phi) is 9.08. The summed E-state index contributed by atoms with van der Waals surface area (Å²) in [5, 5.41) is 0.0371. The predicted octanol–water partition coefficient (Wildman–Crippen LogP) is 3.26. The number of amides is 1. The van der Waals surface area contributed by atoms with Crippen LogP contribution in [0.2, 0.25) is 5.02 Å². The largest absolute Gasteiger partial charge is 0.452 e. The quantitative estimate of drug-likeness (QED) is 0.422. The van der Waals surface area contributed by atoms with Gasteiger partial charge in [-0.3, -0.25) is 4.79 Å². The smallest absolute Gasteiger partial charge is 0.338 e. The number of hydrogen-bond acceptors (Lipinski definition) is 5. The highest BCUT2D eigenvalue weighted by molar-refractivity contribution is 7.89. The van der Waals surface area contributed by atoms with Crippen molar-refractivity contribution in [2.75, 3.05) is 32.8 Å². The number of carbonyl (C=O) groups excluding carboxylic acids is 2. The van der Waals surface area contributed by atoms with Crippen LogP contribution in [0.3, 0.4) is 0 Å². The maximum atomic E-state index is 13.0. The Hall–Kier alpha value is -2.16. The maximum Gasteiger partial charge on any atom is 0.338 e. The van der Waals surface area contributed by atoms with Crippen LogP contribution < -0.4 is 0 Å². The summed E-state index contributed by atoms with van der Waals surface area (Å²) in [7, 11) is -3.84. The van der Waals surface area contributed by atoms with E-state index < -0.39 is 28.5 Å². The minimum absolute atomic E-state index is 0.0135. The van der Waals surface area contributed by atoms with E-state index in [1.807, 2.05) is 0 Å². The Bertz CT molecular complexity index is 883. The van der Waals surface area contributed by atoms with Crippen LogP contribution in [0.15, 0.2) is 48.4 Å². The van der Waals surface area contributed by atoms with Gasteiger partial charge in [-0.05, 0) is 31.0 Å². The molecule has 1 aliphatic rings. The summed E-state index contributed by atoms with van der Waals surface area (Å²) in [6, 6.07) is 3.94. The van der Waals surface area contributed by atoms with Gasteiger partial charge in [0, 0.05) is 26.2 Å². The molecule has 164 valence electrons. The molecule has 0 saturated carbocycles. The lowest BCUT2D eigenvalue weighted by Gasteiger charge is -2.21. The van der Waals surface area contributed by atoms with Gasteiger partial charge in [-0.15, -0.1) is 13.2 Å². The van der Waals surface area contributed by atoms with E-state index in [1.54, 1.807) is 12.2 Å². The molecule has 0 atom stereocenters. The molecule has 1 saturated heterocycles. The molecule has 0 unspecified atom stereocenters. The second-order valence-electron chi connectivity index (χ2n) is 6.92. The van der Waals surface area contributed by atoms with Crippen molar-refractivity contribution in [2.45, 2.75) is 30.6 Å². The molecule has 0 aromatic heterocycles. The maximum absolute atomic E-state index is 13.0. The molecule has 1 aliphatic heterocycles. The molecule has 30 heavy (non-hydrogen) atoms. The molecule has 0 N–H and O–H groups in total. The Morgan fingerprint density at radius 3 is 2.27 bits per heavy atom. The van der Waals surface area contributed by atoms with E-state index in [-0.39, 0.29) is 15.5 Å². The Balaban J connectivity index is 2.15. The molecule has 1 fully saturated rings. The van der Waals surface area contributed by atoms with Gasteiger partial charge in [0.1, 0.15) is 4.90 Å². The first-order valence-corrected chi connectivity index (χ1v) is 11.6. The second kappa shape index (κ2) is 11.3. The van der Waals surface area contributed by atoms with Crippen LogP contribution in [0.25, 0.3) is 0 Å². The van der Waals surface area contributed by atoms with E-state index in [4.69, 9.17) is 16.3 Å². The van der Waals surface area contributed by atoms with Gasteiger partial charge in [0.05, 0.1) is 10.6 Å². The monoisotopic (exact) mass is 454 g/mol. The van der Waals surface area contributed by atoms with E-state index in [0.717, 1.165) is 25.7 Å². The number of hydrogen-bond donors (Lipinski definition) is 0. The fourth-order valence-corrected chi connectivity index (χ4v) is 5.16. The van der Waals surface area contributed by atoms with Crippen molar-refractivity contribution in [3.8, 4) is 0 Å². The van der Waals surface area contributed by atoms with E-state index in [2.05, 4.69) is 13.2 Å². The van der Waals surface area contributed by atoms with Gasteiger partial charge in [-0.2, -0.15) is 4.31 Å². The molecule has 7 nitrogen and oxygen atoms in total. The molecule has 2 rings (SSSR count). The van der Waals surface area contributed by atoms with Crippen molar-refractivity contribution in [1.82, 2.24) is 9.21 Å². The van der Waals surface area contributed by atoms with Gasteiger partial charge < -0.3 is 9.64 Å². The summed E-state index contributed by atoms with van der Waals surface area (Å²) in [6.07, 6.45) is 6.65. The third kappa shape index (κ3) is 6.17. The fraction of sp³-hybridized carbons (Fsp3) is 0.429. The van der Waals surface area contributed by atoms with Crippen LogP contribution in [-0.4, -0.2) is 62.3 Å². The van der Waals surface area contributed by atoms with Crippen molar-refractivity contribution in [3.63, 3.8) is 0 Å². The molecule has 1 aromatic rings. The second-order valence-corrected chi connectivity index (χ2v) is 9.23. The van der Waals surface area contributed by atoms with Gasteiger partial charge in [-0.1, -0.05) is 36.6 Å². The normalized spacial score (nSPS) is 15.1. The van der Waals surface area contributed by atoms with E-state index >= 15 is 0 Å². The first-order valence-electron chi connectivity index (χ1n) is 9.77. The lowest BCUT2D eigenvalue weighted by Crippen LogP contribution is -2.35. The summed E-state index contributed by atoms with van der Waals surface area (Å²) < 4.78 is 32.6. The molecule has 0 radical (unpaired) electrons. The molecule has 0 spiro atoms. The van der Waals surface area contributed by atoms with Crippen molar-refractivity contribution in [3.05, 3.63) is 54.1 Å². The van der Waals surface area contributed by atoms with Gasteiger partial charge in [0.25, 0.3) is 5.91 Å². The predicted molar refractivity (Wildman–Crippen MR) is 116 cm³/mol. The molecular formula is C21H27ClN2O5S. The summed E-state index contributed by atoms with van der Waals surface area (Å²) >= 11 is 6.15. The summed E-state index contributed by atoms with van der Waals surface area (Å²) in [6.45, 7) is 8.12. The highest BCUT2D eigenvalue weighted by Crippen LogP contribution is 2.28. The lowest BCUT2D eigenvalue weighted by molar-refractivity contribution is -0.133. The number of sulfonamides is 1. The van der Waals surface area contributed by atoms with E-state index in [9.17, 15) is 18.0 Å². The number of rotatable bonds is 9. The highest BCUT2D eigenvalue weighted by Gasteiger charge is 2.28. The van der Waals surface area contributed by atoms with Crippen molar-refractivity contribution < 1.29 is 22.7 Å². The number of benzene rings is 1. The van der Waals surface area contributed by atoms with Crippen LogP contribution in [0.5, 0.6) is 0 Å². The minimum atomic E-state index is -3.84. The molecule has 1 heterocycles. The Morgan fingerprint density at radius 2 is 1.70 bits per heavy atom. The summed E-state index contributed by atoms with van der Waals surface area (Å²) in [5.74, 6) is -1.21. The van der Waals surface area contributed by atoms with Crippen LogP contribution in [0.4, 0.5) is 0 Å². The van der Waals surface area contributed by atoms with Crippen LogP contribution in [0.1, 0.15) is 36.0 Å². The summed E-state index contributed by atoms with van der Waals surface area (Å²) in [4.78, 5) is 25.9. The lowest BCUT2D eigenvalue weighted by atomic mass is 10.2. The molecule has 1 aromatic carbocycles. The third-order valence-electron chi connectivity index (χ3n) is 4.73. The zero-order valence-electron chi connectivity index (χ0n) is 16.9. The Labute approximate surface area is 183 Å². The van der Waals surface area contributed by atoms with Gasteiger partial charge in [0.15, 0.2) is 6.61 Å². The number of nitrogens with zero attached hydrogens (tertiary/aromatic N) is 2. The van der Waals surface area contributed by atoms with E-state index in [0.29, 0.717) is 26.2 Å².